The summed E-state index contributed by atoms with van der Waals surface area (Å²) in [5.41, 5.74) is 0.336. The molecular formula is C17H16N2O5. The second-order valence-electron chi connectivity index (χ2n) is 5.58. The molecule has 2 aromatic rings. The maximum absolute atomic E-state index is 12.7. The van der Waals surface area contributed by atoms with E-state index in [1.54, 1.807) is 12.1 Å². The third kappa shape index (κ3) is 2.20. The van der Waals surface area contributed by atoms with Gasteiger partial charge in [0.25, 0.3) is 11.8 Å². The number of unbranched alkanes of at least 4 members (excludes halogenated alkanes) is 1. The van der Waals surface area contributed by atoms with Crippen LogP contribution in [0.3, 0.4) is 0 Å². The maximum atomic E-state index is 12.7. The number of hydrogen-bond donors (Lipinski definition) is 0. The highest BCUT2D eigenvalue weighted by Gasteiger charge is 2.36. The first-order chi connectivity index (χ1) is 11.5. The van der Waals surface area contributed by atoms with Gasteiger partial charge in [-0.2, -0.15) is 0 Å². The molecule has 0 saturated carbocycles. The van der Waals surface area contributed by atoms with Crippen LogP contribution in [0.4, 0.5) is 5.69 Å². The predicted octanol–water partition coefficient (Wildman–Crippen LogP) is 3.15. The van der Waals surface area contributed by atoms with E-state index in [1.807, 2.05) is 6.92 Å². The van der Waals surface area contributed by atoms with E-state index in [9.17, 15) is 19.7 Å². The smallest absolute Gasteiger partial charge is 0.318 e. The summed E-state index contributed by atoms with van der Waals surface area (Å²) < 4.78 is 5.12. The fourth-order valence-corrected chi connectivity index (χ4v) is 3.04. The lowest BCUT2D eigenvalue weighted by Gasteiger charge is -2.27. The lowest BCUT2D eigenvalue weighted by Crippen LogP contribution is -2.40. The van der Waals surface area contributed by atoms with Gasteiger partial charge >= 0.3 is 5.69 Å². The number of carbonyl (C=O) groups excluding carboxylic acids is 2. The molecule has 0 aliphatic carbocycles. The number of methoxy groups -OCH3 is 1. The average molecular weight is 328 g/mol. The topological polar surface area (TPSA) is 89.8 Å². The Morgan fingerprint density at radius 2 is 1.92 bits per heavy atom. The molecule has 0 fully saturated rings. The number of rotatable bonds is 5. The number of carbonyl (C=O) groups is 2. The van der Waals surface area contributed by atoms with Crippen LogP contribution in [0.2, 0.25) is 0 Å². The van der Waals surface area contributed by atoms with Gasteiger partial charge in [0, 0.05) is 23.6 Å². The van der Waals surface area contributed by atoms with Gasteiger partial charge in [-0.25, -0.2) is 0 Å². The summed E-state index contributed by atoms with van der Waals surface area (Å²) in [6.07, 6.45) is 1.55. The Morgan fingerprint density at radius 3 is 2.54 bits per heavy atom. The SMILES string of the molecule is CCCCN1C(=O)c2cccc3c([N+](=O)[O-])c(OC)cc(c23)C1=O. The van der Waals surface area contributed by atoms with Crippen molar-refractivity contribution in [2.24, 2.45) is 0 Å². The van der Waals surface area contributed by atoms with Crippen LogP contribution in [0.25, 0.3) is 10.8 Å². The Hall–Kier alpha value is -2.96. The highest BCUT2D eigenvalue weighted by molar-refractivity contribution is 6.26. The molecule has 7 nitrogen and oxygen atoms in total. The van der Waals surface area contributed by atoms with Crippen LogP contribution in [0.15, 0.2) is 24.3 Å². The molecule has 1 heterocycles. The molecular weight excluding hydrogens is 312 g/mol. The molecule has 0 spiro atoms. The van der Waals surface area contributed by atoms with Gasteiger partial charge in [0.05, 0.1) is 23.0 Å². The average Bonchev–Trinajstić information content (AvgIpc) is 2.58. The van der Waals surface area contributed by atoms with Crippen LogP contribution >= 0.6 is 0 Å². The van der Waals surface area contributed by atoms with Crippen molar-refractivity contribution in [3.63, 3.8) is 0 Å². The molecule has 24 heavy (non-hydrogen) atoms. The second-order valence-corrected chi connectivity index (χ2v) is 5.58. The summed E-state index contributed by atoms with van der Waals surface area (Å²) in [5.74, 6) is -0.839. The van der Waals surface area contributed by atoms with Gasteiger partial charge in [-0.15, -0.1) is 0 Å². The molecule has 0 unspecified atom stereocenters. The van der Waals surface area contributed by atoms with Crippen LogP contribution in [-0.4, -0.2) is 35.3 Å². The molecule has 0 aromatic heterocycles. The molecule has 2 amide bonds. The first-order valence-corrected chi connectivity index (χ1v) is 7.65. The highest BCUT2D eigenvalue weighted by atomic mass is 16.6. The molecule has 0 saturated heterocycles. The Balaban J connectivity index is 2.33. The van der Waals surface area contributed by atoms with E-state index in [2.05, 4.69) is 0 Å². The van der Waals surface area contributed by atoms with Crippen molar-refractivity contribution in [2.45, 2.75) is 19.8 Å². The van der Waals surface area contributed by atoms with E-state index >= 15 is 0 Å². The quantitative estimate of drug-likeness (QED) is 0.478. The fraction of sp³-hybridized carbons (Fsp3) is 0.294. The zero-order valence-electron chi connectivity index (χ0n) is 13.4. The minimum Gasteiger partial charge on any atom is -0.490 e. The normalized spacial score (nSPS) is 13.5. The van der Waals surface area contributed by atoms with E-state index in [-0.39, 0.29) is 22.4 Å². The van der Waals surface area contributed by atoms with Gasteiger partial charge in [-0.1, -0.05) is 19.4 Å². The second kappa shape index (κ2) is 5.92. The van der Waals surface area contributed by atoms with E-state index in [1.165, 1.54) is 24.1 Å². The molecule has 0 bridgehead atoms. The van der Waals surface area contributed by atoms with Crippen molar-refractivity contribution in [3.8, 4) is 5.75 Å². The number of nitro groups is 1. The third-order valence-corrected chi connectivity index (χ3v) is 4.19. The van der Waals surface area contributed by atoms with E-state index in [0.29, 0.717) is 23.9 Å². The molecule has 1 aliphatic rings. The first kappa shape index (κ1) is 15.9. The van der Waals surface area contributed by atoms with Gasteiger partial charge in [0.2, 0.25) is 0 Å². The number of ether oxygens (including phenoxy) is 1. The zero-order chi connectivity index (χ0) is 17.4. The Kier molecular flexibility index (Phi) is 3.92. The predicted molar refractivity (Wildman–Crippen MR) is 87.4 cm³/mol. The Bertz CT molecular complexity index is 875. The lowest BCUT2D eigenvalue weighted by atomic mass is 9.92. The summed E-state index contributed by atoms with van der Waals surface area (Å²) in [5, 5.41) is 12.0. The fourth-order valence-electron chi connectivity index (χ4n) is 3.04. The van der Waals surface area contributed by atoms with Crippen LogP contribution in [-0.2, 0) is 0 Å². The third-order valence-electron chi connectivity index (χ3n) is 4.19. The van der Waals surface area contributed by atoms with E-state index in [4.69, 9.17) is 4.74 Å². The molecule has 124 valence electrons. The molecule has 2 aromatic carbocycles. The molecule has 3 rings (SSSR count). The largest absolute Gasteiger partial charge is 0.490 e. The monoisotopic (exact) mass is 328 g/mol. The van der Waals surface area contributed by atoms with Crippen molar-refractivity contribution >= 4 is 28.3 Å². The van der Waals surface area contributed by atoms with Crippen LogP contribution in [0.5, 0.6) is 5.75 Å². The summed E-state index contributed by atoms with van der Waals surface area (Å²) >= 11 is 0. The Morgan fingerprint density at radius 1 is 1.21 bits per heavy atom. The van der Waals surface area contributed by atoms with Gasteiger partial charge in [-0.3, -0.25) is 24.6 Å². The summed E-state index contributed by atoms with van der Waals surface area (Å²) in [4.78, 5) is 37.5. The first-order valence-electron chi connectivity index (χ1n) is 7.65. The standard InChI is InChI=1S/C17H16N2O5/c1-3-4-8-18-16(20)11-7-5-6-10-14(11)12(17(18)21)9-13(24-2)15(10)19(22)23/h5-7,9H,3-4,8H2,1-2H3. The molecule has 0 atom stereocenters. The number of benzene rings is 2. The molecule has 1 aliphatic heterocycles. The summed E-state index contributed by atoms with van der Waals surface area (Å²) in [6, 6.07) is 6.07. The Labute approximate surface area is 138 Å². The maximum Gasteiger partial charge on any atom is 0.318 e. The summed E-state index contributed by atoms with van der Waals surface area (Å²) in [7, 11) is 1.32. The highest BCUT2D eigenvalue weighted by Crippen LogP contribution is 2.41. The van der Waals surface area contributed by atoms with Crippen molar-refractivity contribution in [1.82, 2.24) is 4.90 Å². The van der Waals surface area contributed by atoms with E-state index in [0.717, 1.165) is 6.42 Å². The van der Waals surface area contributed by atoms with E-state index < -0.39 is 16.7 Å². The molecule has 0 radical (unpaired) electrons. The number of amides is 2. The number of nitrogens with zero attached hydrogens (tertiary/aromatic N) is 2. The molecule has 7 heteroatoms. The number of nitro benzene ring substituents is 1. The minimum absolute atomic E-state index is 0.0118. The van der Waals surface area contributed by atoms with Crippen LogP contribution in [0, 0.1) is 10.1 Å². The number of hydrogen-bond acceptors (Lipinski definition) is 5. The van der Waals surface area contributed by atoms with Crippen LogP contribution < -0.4 is 4.74 Å². The van der Waals surface area contributed by atoms with Crippen molar-refractivity contribution in [1.29, 1.82) is 0 Å². The summed E-state index contributed by atoms with van der Waals surface area (Å²) in [6.45, 7) is 2.29. The zero-order valence-corrected chi connectivity index (χ0v) is 13.4. The van der Waals surface area contributed by atoms with Crippen LogP contribution in [0.1, 0.15) is 40.5 Å². The van der Waals surface area contributed by atoms with Gasteiger partial charge in [0.1, 0.15) is 0 Å². The molecule has 0 N–H and O–H groups in total. The van der Waals surface area contributed by atoms with Crippen molar-refractivity contribution in [3.05, 3.63) is 45.5 Å². The van der Waals surface area contributed by atoms with Crippen molar-refractivity contribution < 1.29 is 19.2 Å². The van der Waals surface area contributed by atoms with Gasteiger partial charge in [0.15, 0.2) is 5.75 Å². The lowest BCUT2D eigenvalue weighted by molar-refractivity contribution is -0.383. The van der Waals surface area contributed by atoms with Gasteiger partial charge < -0.3 is 4.74 Å². The minimum atomic E-state index is -0.555. The van der Waals surface area contributed by atoms with Crippen molar-refractivity contribution in [2.75, 3.05) is 13.7 Å². The van der Waals surface area contributed by atoms with Gasteiger partial charge in [-0.05, 0) is 18.6 Å². The number of imide groups is 1.